The maximum Gasteiger partial charge on any atom is 0.490 e. The molecule has 1 aliphatic carbocycles. The predicted octanol–water partition coefficient (Wildman–Crippen LogP) is 3.52. The molecule has 0 radical (unpaired) electrons. The number of para-hydroxylation sites is 1. The van der Waals surface area contributed by atoms with Crippen LogP contribution in [0.4, 0.5) is 18.9 Å². The molecule has 0 amide bonds. The van der Waals surface area contributed by atoms with Crippen molar-refractivity contribution < 1.29 is 23.1 Å². The highest BCUT2D eigenvalue weighted by atomic mass is 19.4. The van der Waals surface area contributed by atoms with Crippen LogP contribution < -0.4 is 10.2 Å². The van der Waals surface area contributed by atoms with Crippen molar-refractivity contribution in [2.45, 2.75) is 38.0 Å². The molecule has 5 rings (SSSR count). The Morgan fingerprint density at radius 3 is 2.64 bits per heavy atom. The Hall–Kier alpha value is -3.18. The molecule has 8 nitrogen and oxygen atoms in total. The number of hydrogen-bond acceptors (Lipinski definition) is 6. The van der Waals surface area contributed by atoms with E-state index in [9.17, 15) is 13.2 Å². The van der Waals surface area contributed by atoms with Gasteiger partial charge in [-0.05, 0) is 50.1 Å². The molecule has 3 heterocycles. The van der Waals surface area contributed by atoms with Gasteiger partial charge in [-0.2, -0.15) is 13.2 Å². The number of aromatic nitrogens is 3. The molecule has 1 aliphatic heterocycles. The Kier molecular flexibility index (Phi) is 7.79. The fraction of sp³-hybridized carbons (Fsp3) is 0.480. The van der Waals surface area contributed by atoms with Gasteiger partial charge in [-0.1, -0.05) is 12.1 Å². The molecule has 0 bridgehead atoms. The van der Waals surface area contributed by atoms with Crippen molar-refractivity contribution in [3.8, 4) is 0 Å². The first-order valence-electron chi connectivity index (χ1n) is 12.0. The third kappa shape index (κ3) is 5.62. The number of piperazine rings is 1. The van der Waals surface area contributed by atoms with E-state index in [4.69, 9.17) is 19.9 Å². The summed E-state index contributed by atoms with van der Waals surface area (Å²) in [5.41, 5.74) is 6.30. The van der Waals surface area contributed by atoms with E-state index in [-0.39, 0.29) is 0 Å². The first-order chi connectivity index (χ1) is 17.2. The SMILES string of the molecule is CN(Cc1nc2cccc(N3CCNCC3)c2n1C)[C@H]1CCCc2cccnc21.O=C(O)C(F)(F)F. The van der Waals surface area contributed by atoms with Crippen LogP contribution in [0.2, 0.25) is 0 Å². The van der Waals surface area contributed by atoms with Crippen molar-refractivity contribution in [1.29, 1.82) is 0 Å². The Bertz CT molecular complexity index is 1210. The van der Waals surface area contributed by atoms with Crippen molar-refractivity contribution in [2.75, 3.05) is 38.1 Å². The van der Waals surface area contributed by atoms with Crippen LogP contribution in [0, 0.1) is 0 Å². The normalized spacial score (nSPS) is 18.1. The lowest BCUT2D eigenvalue weighted by molar-refractivity contribution is -0.192. The summed E-state index contributed by atoms with van der Waals surface area (Å²) in [6, 6.07) is 11.2. The largest absolute Gasteiger partial charge is 0.490 e. The van der Waals surface area contributed by atoms with Gasteiger partial charge in [-0.3, -0.25) is 9.88 Å². The second-order valence-corrected chi connectivity index (χ2v) is 9.14. The summed E-state index contributed by atoms with van der Waals surface area (Å²) >= 11 is 0. The van der Waals surface area contributed by atoms with Crippen molar-refractivity contribution >= 4 is 22.7 Å². The average molecular weight is 505 g/mol. The molecule has 2 N–H and O–H groups in total. The summed E-state index contributed by atoms with van der Waals surface area (Å²) in [7, 11) is 4.38. The number of carboxylic acids is 1. The summed E-state index contributed by atoms with van der Waals surface area (Å²) in [6.07, 6.45) is 0.382. The second kappa shape index (κ2) is 10.8. The number of nitrogens with zero attached hydrogens (tertiary/aromatic N) is 5. The number of aliphatic carboxylic acids is 1. The molecule has 11 heteroatoms. The number of nitrogens with one attached hydrogen (secondary N) is 1. The van der Waals surface area contributed by atoms with Gasteiger partial charge in [0.25, 0.3) is 0 Å². The zero-order valence-electron chi connectivity index (χ0n) is 20.4. The van der Waals surface area contributed by atoms with E-state index >= 15 is 0 Å². The Labute approximate surface area is 207 Å². The van der Waals surface area contributed by atoms with Gasteiger partial charge in [-0.15, -0.1) is 0 Å². The minimum absolute atomic E-state index is 0.368. The molecule has 2 aliphatic rings. The lowest BCUT2D eigenvalue weighted by Gasteiger charge is -2.32. The van der Waals surface area contributed by atoms with Gasteiger partial charge in [0.1, 0.15) is 5.82 Å². The second-order valence-electron chi connectivity index (χ2n) is 9.14. The highest BCUT2D eigenvalue weighted by Gasteiger charge is 2.38. The van der Waals surface area contributed by atoms with Crippen molar-refractivity contribution in [3.63, 3.8) is 0 Å². The highest BCUT2D eigenvalue weighted by molar-refractivity contribution is 5.89. The number of rotatable bonds is 4. The number of alkyl halides is 3. The first-order valence-corrected chi connectivity index (χ1v) is 12.0. The van der Waals surface area contributed by atoms with E-state index in [0.717, 1.165) is 56.9 Å². The predicted molar refractivity (Wildman–Crippen MR) is 131 cm³/mol. The average Bonchev–Trinajstić information content (AvgIpc) is 3.19. The van der Waals surface area contributed by atoms with Crippen LogP contribution in [0.1, 0.15) is 36.0 Å². The summed E-state index contributed by atoms with van der Waals surface area (Å²) in [5, 5.41) is 10.6. The van der Waals surface area contributed by atoms with E-state index in [2.05, 4.69) is 64.1 Å². The van der Waals surface area contributed by atoms with Gasteiger partial charge in [-0.25, -0.2) is 9.78 Å². The Morgan fingerprint density at radius 2 is 1.94 bits per heavy atom. The molecule has 194 valence electrons. The molecule has 1 atom stereocenters. The number of aryl methyl sites for hydroxylation is 2. The van der Waals surface area contributed by atoms with Crippen LogP contribution in [0.3, 0.4) is 0 Å². The van der Waals surface area contributed by atoms with E-state index < -0.39 is 12.1 Å². The molecular formula is C25H31F3N6O2. The maximum absolute atomic E-state index is 10.6. The van der Waals surface area contributed by atoms with E-state index in [1.165, 1.54) is 28.9 Å². The van der Waals surface area contributed by atoms with Crippen LogP contribution in [-0.2, 0) is 24.8 Å². The number of benzene rings is 1. The molecule has 1 saturated heterocycles. The van der Waals surface area contributed by atoms with E-state index in [1.807, 2.05) is 6.20 Å². The van der Waals surface area contributed by atoms with Crippen LogP contribution >= 0.6 is 0 Å². The van der Waals surface area contributed by atoms with Gasteiger partial charge in [0.05, 0.1) is 35.0 Å². The quantitative estimate of drug-likeness (QED) is 0.562. The molecule has 0 unspecified atom stereocenters. The number of pyridine rings is 1. The van der Waals surface area contributed by atoms with Gasteiger partial charge in [0.15, 0.2) is 0 Å². The number of imidazole rings is 1. The van der Waals surface area contributed by atoms with Gasteiger partial charge >= 0.3 is 12.1 Å². The van der Waals surface area contributed by atoms with E-state index in [0.29, 0.717) is 6.04 Å². The molecule has 1 aromatic carbocycles. The third-order valence-corrected chi connectivity index (χ3v) is 6.75. The van der Waals surface area contributed by atoms with Crippen LogP contribution in [-0.4, -0.2) is 69.9 Å². The molecular weight excluding hydrogens is 473 g/mol. The number of fused-ring (bicyclic) bond motifs is 2. The van der Waals surface area contributed by atoms with Crippen LogP contribution in [0.15, 0.2) is 36.5 Å². The standard InChI is InChI=1S/C23H30N6.C2HF3O2/c1-27(19-9-3-6-17-7-5-11-25-22(17)19)16-21-26-18-8-4-10-20(23(18)28(21)2)29-14-12-24-13-15-29;3-2(4,5)1(6)7/h4-5,7-8,10-11,19,24H,3,6,9,12-16H2,1-2H3;(H,6,7)/t19-;/m0./s1. The van der Waals surface area contributed by atoms with Crippen molar-refractivity contribution in [2.24, 2.45) is 7.05 Å². The minimum Gasteiger partial charge on any atom is -0.475 e. The van der Waals surface area contributed by atoms with Crippen molar-refractivity contribution in [1.82, 2.24) is 24.8 Å². The third-order valence-electron chi connectivity index (χ3n) is 6.75. The minimum atomic E-state index is -5.08. The lowest BCUT2D eigenvalue weighted by atomic mass is 9.91. The lowest BCUT2D eigenvalue weighted by Crippen LogP contribution is -2.43. The summed E-state index contributed by atoms with van der Waals surface area (Å²) in [6.45, 7) is 5.00. The number of anilines is 1. The maximum atomic E-state index is 10.6. The zero-order chi connectivity index (χ0) is 25.9. The molecule has 1 fully saturated rings. The Morgan fingerprint density at radius 1 is 1.22 bits per heavy atom. The highest BCUT2D eigenvalue weighted by Crippen LogP contribution is 2.33. The Balaban J connectivity index is 0.000000384. The molecule has 3 aromatic rings. The van der Waals surface area contributed by atoms with Gasteiger partial charge in [0.2, 0.25) is 0 Å². The number of halogens is 3. The fourth-order valence-electron chi connectivity index (χ4n) is 4.95. The number of carbonyl (C=O) groups is 1. The van der Waals surface area contributed by atoms with Crippen LogP contribution in [0.25, 0.3) is 11.0 Å². The smallest absolute Gasteiger partial charge is 0.475 e. The molecule has 0 spiro atoms. The van der Waals surface area contributed by atoms with Gasteiger partial charge < -0.3 is 19.9 Å². The monoisotopic (exact) mass is 504 g/mol. The summed E-state index contributed by atoms with van der Waals surface area (Å²) in [4.78, 5) is 23.5. The fourth-order valence-corrected chi connectivity index (χ4v) is 4.95. The number of hydrogen-bond donors (Lipinski definition) is 2. The van der Waals surface area contributed by atoms with Crippen molar-refractivity contribution in [3.05, 3.63) is 53.6 Å². The molecule has 0 saturated carbocycles. The summed E-state index contributed by atoms with van der Waals surface area (Å²) < 4.78 is 34.0. The molecule has 36 heavy (non-hydrogen) atoms. The number of carboxylic acid groups (broad SMARTS) is 1. The molecule has 2 aromatic heterocycles. The van der Waals surface area contributed by atoms with E-state index in [1.54, 1.807) is 0 Å². The summed E-state index contributed by atoms with van der Waals surface area (Å²) in [5.74, 6) is -1.64. The zero-order valence-corrected chi connectivity index (χ0v) is 20.4. The van der Waals surface area contributed by atoms with Crippen LogP contribution in [0.5, 0.6) is 0 Å². The first kappa shape index (κ1) is 25.9. The topological polar surface area (TPSA) is 86.5 Å². The van der Waals surface area contributed by atoms with Gasteiger partial charge in [0, 0.05) is 39.4 Å².